The maximum absolute atomic E-state index is 13.6. The number of likely N-dealkylation sites (tertiary alicyclic amines) is 2. The summed E-state index contributed by atoms with van der Waals surface area (Å²) in [5.41, 5.74) is 2.03. The van der Waals surface area contributed by atoms with Crippen LogP contribution in [0.1, 0.15) is 57.6 Å². The number of para-hydroxylation sites is 1. The molecule has 5 aliphatic rings. The van der Waals surface area contributed by atoms with Gasteiger partial charge in [0.25, 0.3) is 0 Å². The molecule has 2 aromatic rings. The fourth-order valence-electron chi connectivity index (χ4n) is 9.52. The van der Waals surface area contributed by atoms with Crippen LogP contribution in [0.15, 0.2) is 48.5 Å². The molecular formula is C32H38N2O5. The lowest BCUT2D eigenvalue weighted by Crippen LogP contribution is -2.70. The topological polar surface area (TPSA) is 68.3 Å². The molecular weight excluding hydrogens is 492 g/mol. The van der Waals surface area contributed by atoms with Crippen LogP contribution in [-0.2, 0) is 16.6 Å². The van der Waals surface area contributed by atoms with Crippen LogP contribution >= 0.6 is 0 Å². The van der Waals surface area contributed by atoms with Gasteiger partial charge in [-0.15, -0.1) is 0 Å². The number of ether oxygens (including phenoxy) is 3. The predicted molar refractivity (Wildman–Crippen MR) is 146 cm³/mol. The highest BCUT2D eigenvalue weighted by Gasteiger charge is 2.77. The van der Waals surface area contributed by atoms with Crippen LogP contribution < -0.4 is 9.47 Å². The smallest absolute Gasteiger partial charge is 0.415 e. The number of piperidine rings is 1. The molecule has 0 radical (unpaired) electrons. The summed E-state index contributed by atoms with van der Waals surface area (Å²) in [7, 11) is 1.73. The van der Waals surface area contributed by atoms with Crippen LogP contribution in [0.5, 0.6) is 11.5 Å². The average Bonchev–Trinajstić information content (AvgIpc) is 3.35. The van der Waals surface area contributed by atoms with Crippen molar-refractivity contribution in [3.8, 4) is 11.5 Å². The van der Waals surface area contributed by atoms with E-state index in [0.29, 0.717) is 30.7 Å². The summed E-state index contributed by atoms with van der Waals surface area (Å²) in [5, 5.41) is 0. The van der Waals surface area contributed by atoms with E-state index < -0.39 is 5.60 Å². The maximum Gasteiger partial charge on any atom is 0.415 e. The summed E-state index contributed by atoms with van der Waals surface area (Å²) < 4.78 is 17.5. The van der Waals surface area contributed by atoms with E-state index in [9.17, 15) is 9.59 Å². The maximum atomic E-state index is 13.6. The third-order valence-electron chi connectivity index (χ3n) is 10.5. The highest BCUT2D eigenvalue weighted by Crippen LogP contribution is 2.75. The average molecular weight is 531 g/mol. The Hall–Kier alpha value is -3.22. The molecule has 3 aliphatic carbocycles. The van der Waals surface area contributed by atoms with Crippen LogP contribution in [0.3, 0.4) is 0 Å². The molecule has 7 heteroatoms. The lowest BCUT2D eigenvalue weighted by molar-refractivity contribution is -0.101. The third-order valence-corrected chi connectivity index (χ3v) is 10.5. The van der Waals surface area contributed by atoms with Crippen molar-refractivity contribution >= 4 is 12.2 Å². The Bertz CT molecular complexity index is 1320. The molecule has 2 aromatic carbocycles. The molecule has 0 N–H and O–H groups in total. The molecule has 6 atom stereocenters. The van der Waals surface area contributed by atoms with Gasteiger partial charge in [-0.25, -0.2) is 9.59 Å². The van der Waals surface area contributed by atoms with E-state index in [-0.39, 0.29) is 35.1 Å². The molecule has 0 spiro atoms. The second kappa shape index (κ2) is 8.39. The normalized spacial score (nSPS) is 33.7. The molecule has 206 valence electrons. The SMILES string of the molecule is COc1ccc2c(c1)C13CCN(C(=O)OC(C)(C)C)C(C2)C12CCC1C3[C@@H](CN1C(=O)Oc1ccccc1)C2. The molecule has 0 aromatic heterocycles. The van der Waals surface area contributed by atoms with Gasteiger partial charge in [-0.2, -0.15) is 0 Å². The van der Waals surface area contributed by atoms with Crippen molar-refractivity contribution in [2.75, 3.05) is 20.2 Å². The molecule has 2 amide bonds. The number of carbonyl (C=O) groups is 2. The zero-order valence-electron chi connectivity index (χ0n) is 23.3. The van der Waals surface area contributed by atoms with Gasteiger partial charge in [0.1, 0.15) is 17.1 Å². The first-order valence-electron chi connectivity index (χ1n) is 14.4. The minimum atomic E-state index is -0.535. The zero-order valence-corrected chi connectivity index (χ0v) is 23.3. The van der Waals surface area contributed by atoms with Gasteiger partial charge >= 0.3 is 12.2 Å². The Morgan fingerprint density at radius 1 is 0.974 bits per heavy atom. The molecule has 4 bridgehead atoms. The lowest BCUT2D eigenvalue weighted by atomic mass is 9.43. The highest BCUT2D eigenvalue weighted by molar-refractivity contribution is 5.73. The van der Waals surface area contributed by atoms with Gasteiger partial charge in [0.2, 0.25) is 0 Å². The first-order chi connectivity index (χ1) is 18.7. The van der Waals surface area contributed by atoms with Crippen LogP contribution in [0.25, 0.3) is 0 Å². The van der Waals surface area contributed by atoms with Crippen molar-refractivity contribution in [2.24, 2.45) is 17.3 Å². The van der Waals surface area contributed by atoms with Gasteiger partial charge in [-0.05, 0) is 100 Å². The molecule has 2 saturated carbocycles. The Kier molecular flexibility index (Phi) is 5.33. The molecule has 4 fully saturated rings. The summed E-state index contributed by atoms with van der Waals surface area (Å²) in [4.78, 5) is 31.1. The van der Waals surface area contributed by atoms with Crippen molar-refractivity contribution in [3.05, 3.63) is 59.7 Å². The second-order valence-electron chi connectivity index (χ2n) is 13.2. The third kappa shape index (κ3) is 3.40. The molecule has 2 saturated heterocycles. The van der Waals surface area contributed by atoms with Crippen molar-refractivity contribution in [2.45, 2.75) is 76.0 Å². The molecule has 5 unspecified atom stereocenters. The lowest BCUT2D eigenvalue weighted by Gasteiger charge is -2.66. The number of nitrogens with zero attached hydrogens (tertiary/aromatic N) is 2. The van der Waals surface area contributed by atoms with Crippen molar-refractivity contribution in [3.63, 3.8) is 0 Å². The predicted octanol–water partition coefficient (Wildman–Crippen LogP) is 5.80. The van der Waals surface area contributed by atoms with Crippen molar-refractivity contribution in [1.29, 1.82) is 0 Å². The minimum Gasteiger partial charge on any atom is -0.497 e. The van der Waals surface area contributed by atoms with E-state index in [2.05, 4.69) is 17.0 Å². The van der Waals surface area contributed by atoms with Crippen LogP contribution in [0.2, 0.25) is 0 Å². The Labute approximate surface area is 230 Å². The Morgan fingerprint density at radius 2 is 1.77 bits per heavy atom. The number of hydrogen-bond acceptors (Lipinski definition) is 5. The number of fused-ring (bicyclic) bond motifs is 1. The summed E-state index contributed by atoms with van der Waals surface area (Å²) in [6, 6.07) is 16.1. The summed E-state index contributed by atoms with van der Waals surface area (Å²) in [5.74, 6) is 2.17. The number of rotatable bonds is 2. The summed E-state index contributed by atoms with van der Waals surface area (Å²) >= 11 is 0. The van der Waals surface area contributed by atoms with E-state index in [0.717, 1.165) is 37.9 Å². The number of benzene rings is 2. The Balaban J connectivity index is 1.29. The standard InChI is InChI=1S/C32H38N2O5/c1-30(2,3)39-29(36)33-15-14-32-24-17-23(37-4)11-10-20(24)16-26(33)31(32)13-12-25-27(32)21(18-31)19-34(25)28(35)38-22-8-6-5-7-9-22/h5-11,17,21,25-27H,12-16,18-19H2,1-4H3/t21-,25?,26?,27?,31?,32?/m1/s1. The van der Waals surface area contributed by atoms with Gasteiger partial charge in [-0.1, -0.05) is 24.3 Å². The van der Waals surface area contributed by atoms with Crippen LogP contribution in [0, 0.1) is 17.3 Å². The van der Waals surface area contributed by atoms with E-state index >= 15 is 0 Å². The number of hydrogen-bond donors (Lipinski definition) is 0. The summed E-state index contributed by atoms with van der Waals surface area (Å²) in [6.07, 6.45) is 4.22. The van der Waals surface area contributed by atoms with Gasteiger partial charge in [0.05, 0.1) is 7.11 Å². The number of carbonyl (C=O) groups excluding carboxylic acids is 2. The highest BCUT2D eigenvalue weighted by atomic mass is 16.6. The van der Waals surface area contributed by atoms with Gasteiger partial charge in [0, 0.05) is 36.0 Å². The Morgan fingerprint density at radius 3 is 2.51 bits per heavy atom. The second-order valence-corrected chi connectivity index (χ2v) is 13.2. The first-order valence-corrected chi connectivity index (χ1v) is 14.4. The van der Waals surface area contributed by atoms with E-state index in [1.807, 2.05) is 62.1 Å². The fourth-order valence-corrected chi connectivity index (χ4v) is 9.52. The van der Waals surface area contributed by atoms with E-state index in [1.54, 1.807) is 7.11 Å². The van der Waals surface area contributed by atoms with Gasteiger partial charge in [-0.3, -0.25) is 0 Å². The largest absolute Gasteiger partial charge is 0.497 e. The molecule has 39 heavy (non-hydrogen) atoms. The van der Waals surface area contributed by atoms with E-state index in [1.165, 1.54) is 11.1 Å². The molecule has 2 heterocycles. The van der Waals surface area contributed by atoms with Gasteiger partial charge in [0.15, 0.2) is 0 Å². The van der Waals surface area contributed by atoms with E-state index in [4.69, 9.17) is 14.2 Å². The van der Waals surface area contributed by atoms with Crippen molar-refractivity contribution in [1.82, 2.24) is 9.80 Å². The fraction of sp³-hybridized carbons (Fsp3) is 0.562. The van der Waals surface area contributed by atoms with Crippen LogP contribution in [-0.4, -0.2) is 59.9 Å². The van der Waals surface area contributed by atoms with Crippen molar-refractivity contribution < 1.29 is 23.8 Å². The molecule has 2 aliphatic heterocycles. The minimum absolute atomic E-state index is 0.0250. The molecule has 7 nitrogen and oxygen atoms in total. The first kappa shape index (κ1) is 24.8. The van der Waals surface area contributed by atoms with Crippen LogP contribution in [0.4, 0.5) is 9.59 Å². The van der Waals surface area contributed by atoms with Gasteiger partial charge < -0.3 is 24.0 Å². The summed E-state index contributed by atoms with van der Waals surface area (Å²) in [6.45, 7) is 7.20. The molecule has 7 rings (SSSR count). The number of amides is 2. The number of methoxy groups -OCH3 is 1. The zero-order chi connectivity index (χ0) is 27.2. The quantitative estimate of drug-likeness (QED) is 0.491. The monoisotopic (exact) mass is 530 g/mol.